The number of ether oxygens (including phenoxy) is 2. The van der Waals surface area contributed by atoms with Crippen LogP contribution in [0.2, 0.25) is 0 Å². The van der Waals surface area contributed by atoms with Crippen LogP contribution in [-0.4, -0.2) is 107 Å². The Morgan fingerprint density at radius 1 is 0.684 bits per heavy atom. The highest BCUT2D eigenvalue weighted by Gasteiger charge is 2.48. The van der Waals surface area contributed by atoms with Gasteiger partial charge in [0.2, 0.25) is 5.91 Å². The van der Waals surface area contributed by atoms with Crippen molar-refractivity contribution in [1.29, 1.82) is 0 Å². The van der Waals surface area contributed by atoms with Crippen LogP contribution in [0.15, 0.2) is 12.2 Å². The summed E-state index contributed by atoms with van der Waals surface area (Å²) in [7, 11) is -5.10. The van der Waals surface area contributed by atoms with E-state index in [0.717, 1.165) is 32.1 Å². The van der Waals surface area contributed by atoms with Crippen LogP contribution in [-0.2, 0) is 28.9 Å². The molecular formula is C43H83NO12S. The summed E-state index contributed by atoms with van der Waals surface area (Å²) in [6.45, 7) is 3.07. The van der Waals surface area contributed by atoms with Gasteiger partial charge in [-0.15, -0.1) is 0 Å². The molecule has 0 aromatic heterocycles. The third kappa shape index (κ3) is 27.3. The molecule has 1 aliphatic heterocycles. The molecule has 1 heterocycles. The normalized spacial score (nSPS) is 21.9. The molecule has 0 aromatic carbocycles. The minimum absolute atomic E-state index is 0.257. The maximum atomic E-state index is 12.9. The third-order valence-corrected chi connectivity index (χ3v) is 11.4. The number of aliphatic hydroxyl groups is 5. The molecule has 1 rings (SSSR count). The van der Waals surface area contributed by atoms with Gasteiger partial charge >= 0.3 is 10.4 Å². The van der Waals surface area contributed by atoms with Crippen molar-refractivity contribution in [3.8, 4) is 0 Å². The van der Waals surface area contributed by atoms with Crippen LogP contribution in [0.4, 0.5) is 0 Å². The first-order valence-corrected chi connectivity index (χ1v) is 24.0. The zero-order chi connectivity index (χ0) is 42.2. The fourth-order valence-corrected chi connectivity index (χ4v) is 7.79. The van der Waals surface area contributed by atoms with Crippen LogP contribution in [0, 0.1) is 0 Å². The molecule has 57 heavy (non-hydrogen) atoms. The van der Waals surface area contributed by atoms with Gasteiger partial charge in [-0.1, -0.05) is 167 Å². The van der Waals surface area contributed by atoms with Crippen LogP contribution in [0.1, 0.15) is 194 Å². The number of hydrogen-bond donors (Lipinski definition) is 7. The van der Waals surface area contributed by atoms with E-state index in [1.54, 1.807) is 0 Å². The summed E-state index contributed by atoms with van der Waals surface area (Å²) < 4.78 is 47.1. The number of hydrogen-bond acceptors (Lipinski definition) is 11. The Morgan fingerprint density at radius 3 is 1.60 bits per heavy atom. The van der Waals surface area contributed by atoms with Gasteiger partial charge in [0.15, 0.2) is 6.29 Å². The molecule has 0 aromatic rings. The molecule has 0 spiro atoms. The molecule has 0 saturated carbocycles. The summed E-state index contributed by atoms with van der Waals surface area (Å²) in [5, 5.41) is 54.5. The monoisotopic (exact) mass is 838 g/mol. The van der Waals surface area contributed by atoms with E-state index in [2.05, 4.69) is 28.6 Å². The number of nitrogens with one attached hydrogen (secondary N) is 1. The summed E-state index contributed by atoms with van der Waals surface area (Å²) in [6, 6.07) is -1.03. The predicted molar refractivity (Wildman–Crippen MR) is 224 cm³/mol. The van der Waals surface area contributed by atoms with E-state index in [0.29, 0.717) is 19.3 Å². The molecule has 1 fully saturated rings. The zero-order valence-corrected chi connectivity index (χ0v) is 36.3. The molecule has 338 valence electrons. The second kappa shape index (κ2) is 34.5. The quantitative estimate of drug-likeness (QED) is 0.0185. The molecule has 8 atom stereocenters. The van der Waals surface area contributed by atoms with Gasteiger partial charge in [0, 0.05) is 0 Å². The number of carbonyl (C=O) groups excluding carboxylic acids is 1. The molecule has 8 unspecified atom stereocenters. The standard InChI is InChI=1S/C43H83NO12S/c1-3-5-7-8-9-10-11-12-13-14-15-16-17-18-19-20-21-22-23-24-25-26-27-28-30-32-37(47)42(50)44-35(36(46)31-29-6-4-2)34-54-43-40(49)41(56-57(51,52)53)39(48)38(33-45)55-43/h18-19,35-41,43,45-49H,3-17,20-34H2,1-2H3,(H,44,50)(H,51,52,53)/b19-18-. The van der Waals surface area contributed by atoms with Gasteiger partial charge in [-0.05, 0) is 38.5 Å². The first-order valence-electron chi connectivity index (χ1n) is 22.7. The summed E-state index contributed by atoms with van der Waals surface area (Å²) in [5.41, 5.74) is 0. The molecule has 0 aliphatic carbocycles. The van der Waals surface area contributed by atoms with E-state index in [1.165, 1.54) is 122 Å². The Kier molecular flexibility index (Phi) is 32.6. The number of carbonyl (C=O) groups is 1. The minimum Gasteiger partial charge on any atom is -0.394 e. The summed E-state index contributed by atoms with van der Waals surface area (Å²) in [5.74, 6) is -0.682. The SMILES string of the molecule is CCCCCCCCCCCCCC/C=C\CCCCCCCCCCCC(O)C(=O)NC(COC1OC(CO)C(O)C(OS(=O)(=O)O)C1O)C(O)CCCCC. The van der Waals surface area contributed by atoms with Gasteiger partial charge < -0.3 is 40.3 Å². The van der Waals surface area contributed by atoms with Gasteiger partial charge in [-0.25, -0.2) is 4.18 Å². The molecular weight excluding hydrogens is 755 g/mol. The van der Waals surface area contributed by atoms with Gasteiger partial charge in [0.05, 0.1) is 25.4 Å². The van der Waals surface area contributed by atoms with Gasteiger partial charge in [0.25, 0.3) is 0 Å². The summed E-state index contributed by atoms with van der Waals surface area (Å²) in [6.07, 6.45) is 25.5. The highest BCUT2D eigenvalue weighted by molar-refractivity contribution is 7.80. The lowest BCUT2D eigenvalue weighted by molar-refractivity contribution is -0.298. The second-order valence-corrected chi connectivity index (χ2v) is 17.2. The summed E-state index contributed by atoms with van der Waals surface area (Å²) in [4.78, 5) is 12.9. The van der Waals surface area contributed by atoms with Crippen molar-refractivity contribution in [3.63, 3.8) is 0 Å². The maximum Gasteiger partial charge on any atom is 0.397 e. The van der Waals surface area contributed by atoms with E-state index < -0.39 is 78.5 Å². The molecule has 13 nitrogen and oxygen atoms in total. The lowest BCUT2D eigenvalue weighted by Gasteiger charge is -2.41. The summed E-state index contributed by atoms with van der Waals surface area (Å²) >= 11 is 0. The molecule has 1 amide bonds. The van der Waals surface area contributed by atoms with Crippen LogP contribution in [0.25, 0.3) is 0 Å². The van der Waals surface area contributed by atoms with E-state index in [1.807, 2.05) is 6.92 Å². The lowest BCUT2D eigenvalue weighted by Crippen LogP contribution is -2.61. The van der Waals surface area contributed by atoms with Crippen molar-refractivity contribution in [3.05, 3.63) is 12.2 Å². The van der Waals surface area contributed by atoms with E-state index in [9.17, 15) is 38.7 Å². The third-order valence-electron chi connectivity index (χ3n) is 10.9. The van der Waals surface area contributed by atoms with Crippen LogP contribution in [0.3, 0.4) is 0 Å². The lowest BCUT2D eigenvalue weighted by atomic mass is 9.99. The number of unbranched alkanes of at least 4 members (excludes halogenated alkanes) is 23. The van der Waals surface area contributed by atoms with Crippen LogP contribution >= 0.6 is 0 Å². The highest BCUT2D eigenvalue weighted by Crippen LogP contribution is 2.26. The Balaban J connectivity index is 2.23. The van der Waals surface area contributed by atoms with Gasteiger partial charge in [-0.3, -0.25) is 9.35 Å². The van der Waals surface area contributed by atoms with Crippen molar-refractivity contribution in [2.45, 2.75) is 243 Å². The van der Waals surface area contributed by atoms with Crippen molar-refractivity contribution < 1.29 is 57.0 Å². The van der Waals surface area contributed by atoms with Crippen molar-refractivity contribution >= 4 is 16.3 Å². The minimum atomic E-state index is -5.10. The van der Waals surface area contributed by atoms with Gasteiger partial charge in [-0.2, -0.15) is 8.42 Å². The van der Waals surface area contributed by atoms with E-state index >= 15 is 0 Å². The zero-order valence-electron chi connectivity index (χ0n) is 35.5. The number of aliphatic hydroxyl groups excluding tert-OH is 5. The topological polar surface area (TPSA) is 212 Å². The molecule has 1 aliphatic rings. The van der Waals surface area contributed by atoms with Crippen LogP contribution in [0.5, 0.6) is 0 Å². The smallest absolute Gasteiger partial charge is 0.394 e. The van der Waals surface area contributed by atoms with Gasteiger partial charge in [0.1, 0.15) is 30.5 Å². The molecule has 0 radical (unpaired) electrons. The van der Waals surface area contributed by atoms with Crippen LogP contribution < -0.4 is 5.32 Å². The molecule has 0 bridgehead atoms. The number of allylic oxidation sites excluding steroid dienone is 2. The first kappa shape index (κ1) is 53.8. The first-order chi connectivity index (χ1) is 27.4. The Bertz CT molecular complexity index is 1100. The maximum absolute atomic E-state index is 12.9. The second-order valence-electron chi connectivity index (χ2n) is 16.1. The van der Waals surface area contributed by atoms with E-state index in [-0.39, 0.29) is 6.42 Å². The Labute approximate surface area is 345 Å². The van der Waals surface area contributed by atoms with E-state index in [4.69, 9.17) is 14.0 Å². The fraction of sp³-hybridized carbons (Fsp3) is 0.930. The number of amides is 1. The number of rotatable bonds is 38. The molecule has 1 saturated heterocycles. The van der Waals surface area contributed by atoms with Crippen molar-refractivity contribution in [2.75, 3.05) is 13.2 Å². The molecule has 7 N–H and O–H groups in total. The molecule has 14 heteroatoms. The fourth-order valence-electron chi connectivity index (χ4n) is 7.28. The highest BCUT2D eigenvalue weighted by atomic mass is 32.3. The average Bonchev–Trinajstić information content (AvgIpc) is 3.18. The van der Waals surface area contributed by atoms with Crippen molar-refractivity contribution in [1.82, 2.24) is 5.32 Å². The predicted octanol–water partition coefficient (Wildman–Crippen LogP) is 7.36. The average molecular weight is 838 g/mol. The Hall–Kier alpha value is -1.20. The Morgan fingerprint density at radius 2 is 1.12 bits per heavy atom. The van der Waals surface area contributed by atoms with Crippen molar-refractivity contribution in [2.24, 2.45) is 0 Å². The largest absolute Gasteiger partial charge is 0.397 e.